The summed E-state index contributed by atoms with van der Waals surface area (Å²) in [5, 5.41) is 10.6. The Labute approximate surface area is 561 Å². The molecule has 0 aliphatic rings. The van der Waals surface area contributed by atoms with Crippen molar-refractivity contribution in [1.82, 2.24) is 0 Å². The van der Waals surface area contributed by atoms with Crippen molar-refractivity contribution in [3.05, 3.63) is 24.3 Å². The Morgan fingerprint density at radius 2 is 0.522 bits per heavy atom. The van der Waals surface area contributed by atoms with Gasteiger partial charge in [0.1, 0.15) is 19.3 Å². The molecule has 5 atom stereocenters. The first-order valence-electron chi connectivity index (χ1n) is 37.6. The molecule has 0 aliphatic carbocycles. The standard InChI is InChI=1S/C73H138O17P2/c1-5-9-13-17-21-24-27-30-32-33-35-38-41-44-48-52-56-60-73(78)90-69(64-84-71(76)58-54-50-46-42-39-37-34-31-28-25-22-18-14-10-6-2)66-88-92(81,82)86-62-67(74)61-85-91(79,80)87-65-68(63-83-70(75)57-53-49-45-20-16-12-8-4)89-72(77)59-55-51-47-43-40-36-29-26-23-19-15-11-7-3/h25,28,31,34,67-69,74H,5-24,26-27,29-30,32-33,35-66H2,1-4H3,(H,79,80)(H,81,82)/b28-25-,34-31-/t67-,68+,69+/m0/s1. The molecule has 0 saturated heterocycles. The van der Waals surface area contributed by atoms with Crippen LogP contribution in [0.25, 0.3) is 0 Å². The van der Waals surface area contributed by atoms with E-state index in [4.69, 9.17) is 37.0 Å². The minimum atomic E-state index is -4.96. The number of hydrogen-bond acceptors (Lipinski definition) is 15. The molecular weight excluding hydrogens is 1210 g/mol. The van der Waals surface area contributed by atoms with E-state index in [-0.39, 0.29) is 25.7 Å². The number of unbranched alkanes of at least 4 members (excludes halogenated alkanes) is 43. The Morgan fingerprint density at radius 3 is 0.793 bits per heavy atom. The molecule has 0 radical (unpaired) electrons. The molecule has 0 rings (SSSR count). The van der Waals surface area contributed by atoms with Gasteiger partial charge in [-0.25, -0.2) is 9.13 Å². The van der Waals surface area contributed by atoms with E-state index in [9.17, 15) is 43.2 Å². The summed E-state index contributed by atoms with van der Waals surface area (Å²) < 4.78 is 68.3. The molecule has 3 N–H and O–H groups in total. The van der Waals surface area contributed by atoms with E-state index in [1.54, 1.807) is 0 Å². The number of hydrogen-bond donors (Lipinski definition) is 3. The predicted molar refractivity (Wildman–Crippen MR) is 372 cm³/mol. The Balaban J connectivity index is 5.23. The number of aliphatic hydroxyl groups is 1. The average Bonchev–Trinajstić information content (AvgIpc) is 3.12. The van der Waals surface area contributed by atoms with Crippen LogP contribution in [0.3, 0.4) is 0 Å². The summed E-state index contributed by atoms with van der Waals surface area (Å²) in [6, 6.07) is 0. The molecule has 0 aromatic carbocycles. The highest BCUT2D eigenvalue weighted by Crippen LogP contribution is 2.45. The fourth-order valence-corrected chi connectivity index (χ4v) is 12.3. The van der Waals surface area contributed by atoms with Crippen molar-refractivity contribution < 1.29 is 80.2 Å². The van der Waals surface area contributed by atoms with Gasteiger partial charge >= 0.3 is 39.5 Å². The highest BCUT2D eigenvalue weighted by Gasteiger charge is 2.30. The van der Waals surface area contributed by atoms with Crippen LogP contribution in [0.2, 0.25) is 0 Å². The maximum atomic E-state index is 13.0. The van der Waals surface area contributed by atoms with Crippen LogP contribution in [-0.2, 0) is 65.4 Å². The lowest BCUT2D eigenvalue weighted by atomic mass is 10.0. The fraction of sp³-hybridized carbons (Fsp3) is 0.890. The number of phosphoric ester groups is 2. The number of ether oxygens (including phenoxy) is 4. The van der Waals surface area contributed by atoms with Crippen molar-refractivity contribution in [3.8, 4) is 0 Å². The van der Waals surface area contributed by atoms with Crippen molar-refractivity contribution in [3.63, 3.8) is 0 Å². The van der Waals surface area contributed by atoms with Crippen molar-refractivity contribution in [2.75, 3.05) is 39.6 Å². The Bertz CT molecular complexity index is 1850. The summed E-state index contributed by atoms with van der Waals surface area (Å²) >= 11 is 0. The lowest BCUT2D eigenvalue weighted by Crippen LogP contribution is -2.30. The number of aliphatic hydroxyl groups excluding tert-OH is 1. The van der Waals surface area contributed by atoms with E-state index in [0.29, 0.717) is 25.7 Å². The highest BCUT2D eigenvalue weighted by molar-refractivity contribution is 7.47. The van der Waals surface area contributed by atoms with Crippen molar-refractivity contribution in [2.45, 2.75) is 380 Å². The maximum Gasteiger partial charge on any atom is 0.472 e. The number of esters is 4. The predicted octanol–water partition coefficient (Wildman–Crippen LogP) is 21.0. The summed E-state index contributed by atoms with van der Waals surface area (Å²) in [5.41, 5.74) is 0. The van der Waals surface area contributed by atoms with Gasteiger partial charge in [-0.05, 0) is 51.4 Å². The summed E-state index contributed by atoms with van der Waals surface area (Å²) in [6.07, 6.45) is 59.1. The van der Waals surface area contributed by atoms with Gasteiger partial charge in [0.05, 0.1) is 26.4 Å². The molecule has 0 fully saturated rings. The van der Waals surface area contributed by atoms with Gasteiger partial charge in [0.2, 0.25) is 0 Å². The SMILES string of the molecule is CCCCCC/C=C\C=C/CCCCCCCC(=O)OC[C@H](COP(=O)(O)OC[C@@H](O)COP(=O)(O)OC[C@@H](COC(=O)CCCCCCCCC)OC(=O)CCCCCCCCCCCCCCC)OC(=O)CCCCCCCCCCCCCCCCCCC. The lowest BCUT2D eigenvalue weighted by molar-refractivity contribution is -0.161. The normalized spacial score (nSPS) is 14.1. The van der Waals surface area contributed by atoms with Crippen LogP contribution in [0.15, 0.2) is 24.3 Å². The minimum Gasteiger partial charge on any atom is -0.462 e. The third-order valence-electron chi connectivity index (χ3n) is 16.5. The largest absolute Gasteiger partial charge is 0.472 e. The Hall–Kier alpha value is -2.46. The lowest BCUT2D eigenvalue weighted by Gasteiger charge is -2.21. The molecule has 0 spiro atoms. The van der Waals surface area contributed by atoms with Crippen LogP contribution in [-0.4, -0.2) is 96.7 Å². The molecule has 542 valence electrons. The zero-order valence-corrected chi connectivity index (χ0v) is 60.8. The van der Waals surface area contributed by atoms with Crippen LogP contribution < -0.4 is 0 Å². The number of phosphoric acid groups is 2. The molecule has 19 heteroatoms. The smallest absolute Gasteiger partial charge is 0.462 e. The zero-order valence-electron chi connectivity index (χ0n) is 59.0. The molecule has 0 bridgehead atoms. The number of rotatable bonds is 72. The summed E-state index contributed by atoms with van der Waals surface area (Å²) in [4.78, 5) is 72.5. The third kappa shape index (κ3) is 66.2. The molecule has 0 saturated carbocycles. The third-order valence-corrected chi connectivity index (χ3v) is 18.4. The molecule has 0 aromatic rings. The van der Waals surface area contributed by atoms with Crippen LogP contribution >= 0.6 is 15.6 Å². The van der Waals surface area contributed by atoms with Gasteiger partial charge in [-0.2, -0.15) is 0 Å². The number of carbonyl (C=O) groups excluding carboxylic acids is 4. The van der Waals surface area contributed by atoms with Gasteiger partial charge in [-0.15, -0.1) is 0 Å². The van der Waals surface area contributed by atoms with Crippen molar-refractivity contribution >= 4 is 39.5 Å². The van der Waals surface area contributed by atoms with Crippen LogP contribution in [0, 0.1) is 0 Å². The second-order valence-electron chi connectivity index (χ2n) is 25.6. The van der Waals surface area contributed by atoms with Gasteiger partial charge < -0.3 is 33.8 Å². The van der Waals surface area contributed by atoms with E-state index in [1.165, 1.54) is 161 Å². The van der Waals surface area contributed by atoms with Crippen LogP contribution in [0.5, 0.6) is 0 Å². The van der Waals surface area contributed by atoms with Gasteiger partial charge in [0.15, 0.2) is 12.2 Å². The molecule has 17 nitrogen and oxygen atoms in total. The zero-order chi connectivity index (χ0) is 67.5. The first kappa shape index (κ1) is 89.5. The number of carbonyl (C=O) groups is 4. The van der Waals surface area contributed by atoms with E-state index < -0.39 is 97.5 Å². The highest BCUT2D eigenvalue weighted by atomic mass is 31.2. The second kappa shape index (κ2) is 67.1. The molecule has 0 aliphatic heterocycles. The van der Waals surface area contributed by atoms with Crippen molar-refractivity contribution in [1.29, 1.82) is 0 Å². The average molecular weight is 1350 g/mol. The van der Waals surface area contributed by atoms with Gasteiger partial charge in [0, 0.05) is 25.7 Å². The van der Waals surface area contributed by atoms with Crippen LogP contribution in [0.4, 0.5) is 0 Å². The summed E-state index contributed by atoms with van der Waals surface area (Å²) in [5.74, 6) is -2.15. The van der Waals surface area contributed by atoms with Gasteiger partial charge in [-0.1, -0.05) is 309 Å². The maximum absolute atomic E-state index is 13.0. The van der Waals surface area contributed by atoms with E-state index in [1.807, 2.05) is 0 Å². The first-order chi connectivity index (χ1) is 44.7. The molecule has 0 aromatic heterocycles. The van der Waals surface area contributed by atoms with Crippen molar-refractivity contribution in [2.24, 2.45) is 0 Å². The summed E-state index contributed by atoms with van der Waals surface area (Å²) in [7, 11) is -9.91. The Morgan fingerprint density at radius 1 is 0.304 bits per heavy atom. The van der Waals surface area contributed by atoms with Crippen LogP contribution in [0.1, 0.15) is 362 Å². The fourth-order valence-electron chi connectivity index (χ4n) is 10.7. The first-order valence-corrected chi connectivity index (χ1v) is 40.6. The molecule has 0 amide bonds. The molecular formula is C73H138O17P2. The second-order valence-corrected chi connectivity index (χ2v) is 28.6. The quantitative estimate of drug-likeness (QED) is 0.0169. The van der Waals surface area contributed by atoms with E-state index in [2.05, 4.69) is 52.0 Å². The van der Waals surface area contributed by atoms with Gasteiger partial charge in [-0.3, -0.25) is 37.3 Å². The van der Waals surface area contributed by atoms with E-state index >= 15 is 0 Å². The molecule has 0 heterocycles. The number of allylic oxidation sites excluding steroid dienone is 4. The summed E-state index contributed by atoms with van der Waals surface area (Å²) in [6.45, 7) is 4.86. The monoisotopic (exact) mass is 1350 g/mol. The molecule has 2 unspecified atom stereocenters. The molecule has 92 heavy (non-hydrogen) atoms. The minimum absolute atomic E-state index is 0.102. The topological polar surface area (TPSA) is 237 Å². The Kier molecular flexibility index (Phi) is 65.3. The van der Waals surface area contributed by atoms with Gasteiger partial charge in [0.25, 0.3) is 0 Å². The van der Waals surface area contributed by atoms with E-state index in [0.717, 1.165) is 122 Å².